The van der Waals surface area contributed by atoms with E-state index in [9.17, 15) is 4.39 Å². The summed E-state index contributed by atoms with van der Waals surface area (Å²) in [5, 5.41) is 0. The number of halogens is 1. The van der Waals surface area contributed by atoms with E-state index >= 15 is 0 Å². The third-order valence-electron chi connectivity index (χ3n) is 3.29. The summed E-state index contributed by atoms with van der Waals surface area (Å²) in [5.74, 6) is 1.66. The summed E-state index contributed by atoms with van der Waals surface area (Å²) >= 11 is 0. The van der Waals surface area contributed by atoms with Gasteiger partial charge in [-0.3, -0.25) is 0 Å². The van der Waals surface area contributed by atoms with Gasteiger partial charge in [-0.15, -0.1) is 0 Å². The van der Waals surface area contributed by atoms with Gasteiger partial charge in [0.25, 0.3) is 0 Å². The molecule has 0 saturated heterocycles. The van der Waals surface area contributed by atoms with Gasteiger partial charge in [0.05, 0.1) is 6.33 Å². The summed E-state index contributed by atoms with van der Waals surface area (Å²) in [6.07, 6.45) is 8.98. The molecule has 0 aliphatic carbocycles. The minimum absolute atomic E-state index is 0.794. The van der Waals surface area contributed by atoms with Crippen LogP contribution in [0.1, 0.15) is 72.6 Å². The molecule has 96 valence electrons. The zero-order chi connectivity index (χ0) is 12.4. The van der Waals surface area contributed by atoms with Crippen molar-refractivity contribution in [2.24, 2.45) is 11.8 Å². The zero-order valence-electron chi connectivity index (χ0n) is 11.6. The molecular formula is C15H29F. The van der Waals surface area contributed by atoms with Gasteiger partial charge in [0.2, 0.25) is 0 Å². The lowest BCUT2D eigenvalue weighted by atomic mass is 9.94. The molecule has 0 bridgehead atoms. The van der Waals surface area contributed by atoms with Crippen LogP contribution in [0.15, 0.2) is 11.9 Å². The second kappa shape index (κ2) is 9.86. The van der Waals surface area contributed by atoms with Crippen LogP contribution in [0.3, 0.4) is 0 Å². The van der Waals surface area contributed by atoms with Crippen molar-refractivity contribution in [2.75, 3.05) is 0 Å². The van der Waals surface area contributed by atoms with Crippen LogP contribution < -0.4 is 0 Å². The number of hydrogen-bond acceptors (Lipinski definition) is 0. The van der Waals surface area contributed by atoms with E-state index in [1.807, 2.05) is 6.92 Å². The van der Waals surface area contributed by atoms with Crippen molar-refractivity contribution >= 4 is 0 Å². The number of hydrogen-bond donors (Lipinski definition) is 0. The van der Waals surface area contributed by atoms with Crippen LogP contribution in [0, 0.1) is 11.8 Å². The van der Waals surface area contributed by atoms with E-state index in [4.69, 9.17) is 0 Å². The van der Waals surface area contributed by atoms with Gasteiger partial charge in [0.15, 0.2) is 0 Å². The van der Waals surface area contributed by atoms with Crippen molar-refractivity contribution in [3.63, 3.8) is 0 Å². The third-order valence-corrected chi connectivity index (χ3v) is 3.29. The van der Waals surface area contributed by atoms with Crippen LogP contribution in [0.5, 0.6) is 0 Å². The van der Waals surface area contributed by atoms with E-state index in [2.05, 4.69) is 20.8 Å². The highest BCUT2D eigenvalue weighted by molar-refractivity contribution is 4.95. The normalized spacial score (nSPS) is 14.5. The SMILES string of the molecule is CC/C(=C\F)CCCCC(C)CCC(C)C. The summed E-state index contributed by atoms with van der Waals surface area (Å²) in [6.45, 7) is 8.93. The molecule has 0 saturated carbocycles. The molecule has 0 aliphatic heterocycles. The van der Waals surface area contributed by atoms with E-state index in [0.29, 0.717) is 0 Å². The van der Waals surface area contributed by atoms with Crippen molar-refractivity contribution in [2.45, 2.75) is 72.6 Å². The molecule has 1 atom stereocenters. The molecule has 0 N–H and O–H groups in total. The molecule has 1 heteroatoms. The Morgan fingerprint density at radius 2 is 1.75 bits per heavy atom. The highest BCUT2D eigenvalue weighted by atomic mass is 19.1. The number of unbranched alkanes of at least 4 members (excludes halogenated alkanes) is 1. The molecule has 0 spiro atoms. The summed E-state index contributed by atoms with van der Waals surface area (Å²) in [7, 11) is 0. The predicted octanol–water partition coefficient (Wildman–Crippen LogP) is 5.88. The highest BCUT2D eigenvalue weighted by Crippen LogP contribution is 2.19. The lowest BCUT2D eigenvalue weighted by Gasteiger charge is -2.12. The van der Waals surface area contributed by atoms with Crippen molar-refractivity contribution in [1.82, 2.24) is 0 Å². The van der Waals surface area contributed by atoms with Crippen LogP contribution in [0.4, 0.5) is 4.39 Å². The highest BCUT2D eigenvalue weighted by Gasteiger charge is 2.04. The molecule has 0 heterocycles. The summed E-state index contributed by atoms with van der Waals surface area (Å²) in [6, 6.07) is 0. The van der Waals surface area contributed by atoms with Crippen molar-refractivity contribution in [3.05, 3.63) is 11.9 Å². The second-order valence-corrected chi connectivity index (χ2v) is 5.44. The lowest BCUT2D eigenvalue weighted by molar-refractivity contribution is 0.414. The fourth-order valence-electron chi connectivity index (χ4n) is 1.92. The Morgan fingerprint density at radius 1 is 1.06 bits per heavy atom. The van der Waals surface area contributed by atoms with Crippen molar-refractivity contribution in [3.8, 4) is 0 Å². The van der Waals surface area contributed by atoms with Gasteiger partial charge in [-0.1, -0.05) is 53.4 Å². The fourth-order valence-corrected chi connectivity index (χ4v) is 1.92. The van der Waals surface area contributed by atoms with Crippen LogP contribution in [0.2, 0.25) is 0 Å². The minimum Gasteiger partial charge on any atom is -0.216 e. The van der Waals surface area contributed by atoms with E-state index in [-0.39, 0.29) is 0 Å². The van der Waals surface area contributed by atoms with Crippen molar-refractivity contribution in [1.29, 1.82) is 0 Å². The van der Waals surface area contributed by atoms with Gasteiger partial charge in [0, 0.05) is 0 Å². The largest absolute Gasteiger partial charge is 0.216 e. The van der Waals surface area contributed by atoms with Gasteiger partial charge < -0.3 is 0 Å². The molecule has 0 amide bonds. The maximum atomic E-state index is 12.3. The van der Waals surface area contributed by atoms with Gasteiger partial charge in [-0.05, 0) is 36.7 Å². The molecular weight excluding hydrogens is 199 g/mol. The second-order valence-electron chi connectivity index (χ2n) is 5.44. The van der Waals surface area contributed by atoms with Gasteiger partial charge in [-0.2, -0.15) is 0 Å². The number of allylic oxidation sites excluding steroid dienone is 1. The zero-order valence-corrected chi connectivity index (χ0v) is 11.6. The molecule has 0 aromatic heterocycles. The van der Waals surface area contributed by atoms with Crippen LogP contribution in [-0.4, -0.2) is 0 Å². The smallest absolute Gasteiger partial charge is 0.0858 e. The predicted molar refractivity (Wildman–Crippen MR) is 71.2 cm³/mol. The molecule has 0 aliphatic rings. The molecule has 0 fully saturated rings. The molecule has 0 rings (SSSR count). The first-order valence-electron chi connectivity index (χ1n) is 6.88. The number of rotatable bonds is 9. The summed E-state index contributed by atoms with van der Waals surface area (Å²) in [5.41, 5.74) is 0.967. The Balaban J connectivity index is 3.44. The maximum absolute atomic E-state index is 12.3. The summed E-state index contributed by atoms with van der Waals surface area (Å²) in [4.78, 5) is 0. The van der Waals surface area contributed by atoms with Gasteiger partial charge >= 0.3 is 0 Å². The maximum Gasteiger partial charge on any atom is 0.0858 e. The van der Waals surface area contributed by atoms with E-state index in [1.54, 1.807) is 0 Å². The first-order chi connectivity index (χ1) is 7.60. The Hall–Kier alpha value is -0.330. The van der Waals surface area contributed by atoms with E-state index < -0.39 is 0 Å². The summed E-state index contributed by atoms with van der Waals surface area (Å²) < 4.78 is 12.3. The monoisotopic (exact) mass is 228 g/mol. The Labute approximate surface area is 101 Å². The fraction of sp³-hybridized carbons (Fsp3) is 0.867. The van der Waals surface area contributed by atoms with Gasteiger partial charge in [-0.25, -0.2) is 4.39 Å². The average Bonchev–Trinajstić information content (AvgIpc) is 2.26. The van der Waals surface area contributed by atoms with Gasteiger partial charge in [0.1, 0.15) is 0 Å². The Morgan fingerprint density at radius 3 is 2.25 bits per heavy atom. The van der Waals surface area contributed by atoms with Crippen molar-refractivity contribution < 1.29 is 4.39 Å². The molecule has 0 aromatic carbocycles. The van der Waals surface area contributed by atoms with Crippen LogP contribution in [-0.2, 0) is 0 Å². The molecule has 16 heavy (non-hydrogen) atoms. The topological polar surface area (TPSA) is 0 Å². The Kier molecular flexibility index (Phi) is 9.66. The first kappa shape index (κ1) is 15.7. The average molecular weight is 228 g/mol. The van der Waals surface area contributed by atoms with E-state index in [1.165, 1.54) is 25.7 Å². The molecule has 0 radical (unpaired) electrons. The van der Waals surface area contributed by atoms with Crippen LogP contribution in [0.25, 0.3) is 0 Å². The standard InChI is InChI=1S/C15H29F/c1-5-15(12-16)9-7-6-8-14(4)11-10-13(2)3/h12-14H,5-11H2,1-4H3/b15-12+. The van der Waals surface area contributed by atoms with E-state index in [0.717, 1.165) is 43.0 Å². The molecule has 0 nitrogen and oxygen atoms in total. The lowest BCUT2D eigenvalue weighted by Crippen LogP contribution is -1.98. The first-order valence-corrected chi connectivity index (χ1v) is 6.88. The third kappa shape index (κ3) is 8.94. The quantitative estimate of drug-likeness (QED) is 0.432. The molecule has 0 aromatic rings. The molecule has 1 unspecified atom stereocenters. The Bertz CT molecular complexity index is 182. The minimum atomic E-state index is 0.794. The van der Waals surface area contributed by atoms with Crippen LogP contribution >= 0.6 is 0 Å².